The second kappa shape index (κ2) is 8.63. The van der Waals surface area contributed by atoms with Gasteiger partial charge in [-0.2, -0.15) is 0 Å². The van der Waals surface area contributed by atoms with Gasteiger partial charge in [0.1, 0.15) is 0 Å². The van der Waals surface area contributed by atoms with Crippen molar-refractivity contribution in [2.45, 2.75) is 57.3 Å². The van der Waals surface area contributed by atoms with Gasteiger partial charge >= 0.3 is 0 Å². The largest absolute Gasteiger partial charge is 0.279 e. The number of sulfone groups is 1. The molecule has 0 fully saturated rings. The van der Waals surface area contributed by atoms with Gasteiger partial charge in [-0.3, -0.25) is 0 Å². The quantitative estimate of drug-likeness (QED) is 0.506. The van der Waals surface area contributed by atoms with Gasteiger partial charge in [0.25, 0.3) is 5.03 Å². The van der Waals surface area contributed by atoms with Crippen LogP contribution in [-0.2, 0) is 9.84 Å². The molecule has 1 rings (SSSR count). The Morgan fingerprint density at radius 3 is 2.33 bits per heavy atom. The van der Waals surface area contributed by atoms with Crippen LogP contribution in [0.5, 0.6) is 0 Å². The first-order chi connectivity index (χ1) is 10.0. The van der Waals surface area contributed by atoms with Crippen LogP contribution in [0.25, 0.3) is 4.85 Å². The smallest absolute Gasteiger partial charge is 0.230 e. The summed E-state index contributed by atoms with van der Waals surface area (Å²) >= 11 is 0. The first-order valence-electron chi connectivity index (χ1n) is 7.41. The normalized spacial score (nSPS) is 12.1. The van der Waals surface area contributed by atoms with Crippen LogP contribution >= 0.6 is 0 Å². The van der Waals surface area contributed by atoms with Crippen molar-refractivity contribution in [1.82, 2.24) is 0 Å². The lowest BCUT2D eigenvalue weighted by atomic mass is 10.1. The molecule has 21 heavy (non-hydrogen) atoms. The Morgan fingerprint density at radius 1 is 1.14 bits per heavy atom. The highest BCUT2D eigenvalue weighted by molar-refractivity contribution is 7.95. The summed E-state index contributed by atoms with van der Waals surface area (Å²) in [6, 6.07) is 6.62. The Morgan fingerprint density at radius 2 is 1.76 bits per heavy atom. The highest BCUT2D eigenvalue weighted by Gasteiger charge is 2.20. The Bertz CT molecular complexity index is 607. The number of allylic oxidation sites excluding steroid dienone is 1. The number of unbranched alkanes of at least 4 members (excludes halogenated alkanes) is 5. The van der Waals surface area contributed by atoms with Gasteiger partial charge in [0.15, 0.2) is 0 Å². The summed E-state index contributed by atoms with van der Waals surface area (Å²) in [6.07, 6.45) is 7.79. The van der Waals surface area contributed by atoms with Crippen LogP contribution in [0.3, 0.4) is 0 Å². The van der Waals surface area contributed by atoms with Gasteiger partial charge in [0.2, 0.25) is 9.84 Å². The number of aryl methyl sites for hydroxylation is 1. The molecule has 0 amide bonds. The third kappa shape index (κ3) is 5.35. The fourth-order valence-electron chi connectivity index (χ4n) is 2.03. The summed E-state index contributed by atoms with van der Waals surface area (Å²) < 4.78 is 24.7. The summed E-state index contributed by atoms with van der Waals surface area (Å²) in [6.45, 7) is 11.2. The topological polar surface area (TPSA) is 38.5 Å². The molecule has 0 saturated carbocycles. The molecule has 1 aromatic rings. The Kier molecular flexibility index (Phi) is 7.18. The maximum Gasteiger partial charge on any atom is 0.279 e. The van der Waals surface area contributed by atoms with Crippen molar-refractivity contribution in [3.05, 3.63) is 52.4 Å². The average Bonchev–Trinajstić information content (AvgIpc) is 2.46. The van der Waals surface area contributed by atoms with Crippen LogP contribution in [0, 0.1) is 13.5 Å². The van der Waals surface area contributed by atoms with Gasteiger partial charge in [-0.1, -0.05) is 62.8 Å². The highest BCUT2D eigenvalue weighted by Crippen LogP contribution is 2.21. The van der Waals surface area contributed by atoms with E-state index in [-0.39, 0.29) is 9.92 Å². The van der Waals surface area contributed by atoms with Gasteiger partial charge in [0.05, 0.1) is 11.5 Å². The zero-order valence-electron chi connectivity index (χ0n) is 12.8. The average molecular weight is 305 g/mol. The van der Waals surface area contributed by atoms with E-state index >= 15 is 0 Å². The van der Waals surface area contributed by atoms with Crippen molar-refractivity contribution in [2.24, 2.45) is 0 Å². The van der Waals surface area contributed by atoms with Crippen LogP contribution in [0.2, 0.25) is 0 Å². The van der Waals surface area contributed by atoms with Crippen molar-refractivity contribution < 1.29 is 8.42 Å². The molecule has 1 aromatic carbocycles. The maximum atomic E-state index is 12.4. The van der Waals surface area contributed by atoms with Crippen LogP contribution < -0.4 is 0 Å². The second-order valence-electron chi connectivity index (χ2n) is 5.17. The molecule has 0 spiro atoms. The fraction of sp³-hybridized carbons (Fsp3) is 0.471. The van der Waals surface area contributed by atoms with Gasteiger partial charge in [-0.05, 0) is 25.5 Å². The predicted molar refractivity (Wildman–Crippen MR) is 86.4 cm³/mol. The second-order valence-corrected chi connectivity index (χ2v) is 7.07. The number of benzene rings is 1. The highest BCUT2D eigenvalue weighted by atomic mass is 32.2. The van der Waals surface area contributed by atoms with Gasteiger partial charge in [-0.25, -0.2) is 13.3 Å². The van der Waals surface area contributed by atoms with Gasteiger partial charge in [-0.15, -0.1) is 0 Å². The summed E-state index contributed by atoms with van der Waals surface area (Å²) in [4.78, 5) is 3.41. The minimum atomic E-state index is -3.66. The minimum absolute atomic E-state index is 0.151. The standard InChI is InChI=1S/C17H23NO2S/c1-4-5-6-7-8-9-10-17(18-3)21(19,20)16-13-11-15(2)12-14-16/h10-14H,4-9H2,1-2H3/b17-10-. The lowest BCUT2D eigenvalue weighted by molar-refractivity contribution is 0.602. The first-order valence-corrected chi connectivity index (χ1v) is 8.90. The molecule has 0 heterocycles. The molecule has 0 bridgehead atoms. The van der Waals surface area contributed by atoms with E-state index in [9.17, 15) is 8.42 Å². The van der Waals surface area contributed by atoms with Crippen molar-refractivity contribution in [1.29, 1.82) is 0 Å². The third-order valence-electron chi connectivity index (χ3n) is 3.34. The van der Waals surface area contributed by atoms with Crippen molar-refractivity contribution in [3.63, 3.8) is 0 Å². The van der Waals surface area contributed by atoms with Crippen LogP contribution in [0.15, 0.2) is 40.3 Å². The van der Waals surface area contributed by atoms with Crippen molar-refractivity contribution >= 4 is 9.84 Å². The number of rotatable bonds is 8. The molecule has 0 aliphatic heterocycles. The van der Waals surface area contributed by atoms with E-state index in [0.29, 0.717) is 6.42 Å². The van der Waals surface area contributed by atoms with E-state index in [4.69, 9.17) is 6.57 Å². The Hall–Kier alpha value is -1.60. The molecule has 0 aromatic heterocycles. The van der Waals surface area contributed by atoms with Crippen LogP contribution in [0.4, 0.5) is 0 Å². The SMILES string of the molecule is [C-]#[N+]/C(=C/CCCCCCC)S(=O)(=O)c1ccc(C)cc1. The van der Waals surface area contributed by atoms with E-state index in [1.165, 1.54) is 19.3 Å². The molecule has 3 nitrogen and oxygen atoms in total. The molecular formula is C17H23NO2S. The predicted octanol–water partition coefficient (Wildman–Crippen LogP) is 4.89. The number of hydrogen-bond acceptors (Lipinski definition) is 2. The molecule has 0 unspecified atom stereocenters. The van der Waals surface area contributed by atoms with Crippen molar-refractivity contribution in [3.8, 4) is 0 Å². The minimum Gasteiger partial charge on any atom is -0.230 e. The zero-order chi connectivity index (χ0) is 15.7. The lowest BCUT2D eigenvalue weighted by Gasteiger charge is -2.03. The molecule has 0 N–H and O–H groups in total. The number of hydrogen-bond donors (Lipinski definition) is 0. The van der Waals surface area contributed by atoms with Crippen LogP contribution in [0.1, 0.15) is 51.0 Å². The monoisotopic (exact) mass is 305 g/mol. The first kappa shape index (κ1) is 17.5. The number of nitrogens with zero attached hydrogens (tertiary/aromatic N) is 1. The summed E-state index contributed by atoms with van der Waals surface area (Å²) in [5, 5.41) is -0.151. The molecular weight excluding hydrogens is 282 g/mol. The summed E-state index contributed by atoms with van der Waals surface area (Å²) in [5.74, 6) is 0. The third-order valence-corrected chi connectivity index (χ3v) is 5.04. The molecule has 0 radical (unpaired) electrons. The van der Waals surface area contributed by atoms with Gasteiger partial charge < -0.3 is 0 Å². The molecule has 0 aliphatic carbocycles. The summed E-state index contributed by atoms with van der Waals surface area (Å²) in [5.41, 5.74) is 0.998. The molecule has 4 heteroatoms. The Balaban J connectivity index is 2.74. The Labute approximate surface area is 128 Å². The maximum absolute atomic E-state index is 12.4. The molecule has 0 atom stereocenters. The van der Waals surface area contributed by atoms with E-state index < -0.39 is 9.84 Å². The van der Waals surface area contributed by atoms with Crippen LogP contribution in [-0.4, -0.2) is 8.42 Å². The zero-order valence-corrected chi connectivity index (χ0v) is 13.6. The summed E-state index contributed by atoms with van der Waals surface area (Å²) in [7, 11) is -3.66. The van der Waals surface area contributed by atoms with E-state index in [2.05, 4.69) is 11.8 Å². The van der Waals surface area contributed by atoms with E-state index in [1.54, 1.807) is 30.3 Å². The molecule has 0 saturated heterocycles. The van der Waals surface area contributed by atoms with Gasteiger partial charge in [0, 0.05) is 0 Å². The molecule has 0 aliphatic rings. The molecule has 114 valence electrons. The van der Waals surface area contributed by atoms with E-state index in [1.807, 2.05) is 6.92 Å². The van der Waals surface area contributed by atoms with Crippen molar-refractivity contribution in [2.75, 3.05) is 0 Å². The lowest BCUT2D eigenvalue weighted by Crippen LogP contribution is -2.02. The van der Waals surface area contributed by atoms with E-state index in [0.717, 1.165) is 18.4 Å². The fourth-order valence-corrected chi connectivity index (χ4v) is 3.22.